The normalized spacial score (nSPS) is 10.2. The molecule has 0 saturated heterocycles. The number of aromatic nitrogens is 1. The van der Waals surface area contributed by atoms with Gasteiger partial charge >= 0.3 is 11.9 Å². The quantitative estimate of drug-likeness (QED) is 0.909. The summed E-state index contributed by atoms with van der Waals surface area (Å²) in [6, 6.07) is 7.35. The molecule has 0 amide bonds. The molecule has 2 rings (SSSR count). The zero-order valence-electron chi connectivity index (χ0n) is 7.48. The first-order chi connectivity index (χ1) is 7.16. The lowest BCUT2D eigenvalue weighted by atomic mass is 10.2. The summed E-state index contributed by atoms with van der Waals surface area (Å²) < 4.78 is 5.95. The molecule has 0 aliphatic heterocycles. The fourth-order valence-electron chi connectivity index (χ4n) is 1.15. The Balaban J connectivity index is 2.41. The Hall–Kier alpha value is -1.62. The van der Waals surface area contributed by atoms with Crippen molar-refractivity contribution in [2.24, 2.45) is 0 Å². The SMILES string of the molecule is O=C(O)c1ncc(-c2cccc(Br)c2)o1. The average Bonchev–Trinajstić information content (AvgIpc) is 2.66. The number of carbonyl (C=O) groups is 1. The summed E-state index contributed by atoms with van der Waals surface area (Å²) in [5.74, 6) is -1.03. The van der Waals surface area contributed by atoms with Crippen molar-refractivity contribution in [3.8, 4) is 11.3 Å². The van der Waals surface area contributed by atoms with E-state index in [9.17, 15) is 4.79 Å². The third-order valence-corrected chi connectivity index (χ3v) is 2.29. The number of aromatic carboxylic acids is 1. The van der Waals surface area contributed by atoms with E-state index in [2.05, 4.69) is 20.9 Å². The monoisotopic (exact) mass is 267 g/mol. The van der Waals surface area contributed by atoms with E-state index in [-0.39, 0.29) is 5.89 Å². The summed E-state index contributed by atoms with van der Waals surface area (Å²) in [7, 11) is 0. The second-order valence-corrected chi connectivity index (χ2v) is 3.76. The number of oxazole rings is 1. The average molecular weight is 268 g/mol. The van der Waals surface area contributed by atoms with Crippen LogP contribution in [0.1, 0.15) is 10.7 Å². The zero-order valence-corrected chi connectivity index (χ0v) is 9.06. The van der Waals surface area contributed by atoms with Crippen LogP contribution in [0, 0.1) is 0 Å². The number of carboxylic acid groups (broad SMARTS) is 1. The molecular formula is C10H6BrNO3. The summed E-state index contributed by atoms with van der Waals surface area (Å²) in [6.07, 6.45) is 1.39. The van der Waals surface area contributed by atoms with Crippen molar-refractivity contribution in [1.29, 1.82) is 0 Å². The highest BCUT2D eigenvalue weighted by molar-refractivity contribution is 9.10. The summed E-state index contributed by atoms with van der Waals surface area (Å²) in [6.45, 7) is 0. The smallest absolute Gasteiger partial charge is 0.392 e. The van der Waals surface area contributed by atoms with Crippen LogP contribution < -0.4 is 0 Å². The third-order valence-electron chi connectivity index (χ3n) is 1.80. The lowest BCUT2D eigenvalue weighted by Gasteiger charge is -1.95. The van der Waals surface area contributed by atoms with Gasteiger partial charge in [0.1, 0.15) is 0 Å². The van der Waals surface area contributed by atoms with Crippen LogP contribution in [-0.2, 0) is 0 Å². The lowest BCUT2D eigenvalue weighted by molar-refractivity contribution is 0.0654. The highest BCUT2D eigenvalue weighted by atomic mass is 79.9. The molecule has 1 aromatic carbocycles. The van der Waals surface area contributed by atoms with E-state index >= 15 is 0 Å². The van der Waals surface area contributed by atoms with Gasteiger partial charge in [-0.3, -0.25) is 0 Å². The molecule has 1 N–H and O–H groups in total. The van der Waals surface area contributed by atoms with Crippen LogP contribution in [0.15, 0.2) is 39.4 Å². The maximum Gasteiger partial charge on any atom is 0.392 e. The second kappa shape index (κ2) is 3.86. The molecule has 76 valence electrons. The Morgan fingerprint density at radius 1 is 1.47 bits per heavy atom. The third kappa shape index (κ3) is 2.07. The standard InChI is InChI=1S/C10H6BrNO3/c11-7-3-1-2-6(4-7)8-5-12-9(15-8)10(13)14/h1-5H,(H,13,14). The van der Waals surface area contributed by atoms with Gasteiger partial charge in [0, 0.05) is 10.0 Å². The Bertz CT molecular complexity index is 507. The number of benzene rings is 1. The van der Waals surface area contributed by atoms with Crippen molar-refractivity contribution in [1.82, 2.24) is 4.98 Å². The van der Waals surface area contributed by atoms with Crippen molar-refractivity contribution >= 4 is 21.9 Å². The predicted octanol–water partition coefficient (Wildman–Crippen LogP) is 2.80. The number of halogens is 1. The van der Waals surface area contributed by atoms with Crippen LogP contribution in [0.25, 0.3) is 11.3 Å². The van der Waals surface area contributed by atoms with E-state index in [4.69, 9.17) is 9.52 Å². The maximum atomic E-state index is 10.5. The van der Waals surface area contributed by atoms with Crippen molar-refractivity contribution in [3.63, 3.8) is 0 Å². The summed E-state index contributed by atoms with van der Waals surface area (Å²) in [5, 5.41) is 8.63. The molecule has 1 aromatic heterocycles. The van der Waals surface area contributed by atoms with Gasteiger partial charge in [-0.1, -0.05) is 28.1 Å². The number of rotatable bonds is 2. The number of hydrogen-bond donors (Lipinski definition) is 1. The summed E-state index contributed by atoms with van der Waals surface area (Å²) in [5.41, 5.74) is 0.782. The van der Waals surface area contributed by atoms with Gasteiger partial charge in [-0.15, -0.1) is 0 Å². The van der Waals surface area contributed by atoms with E-state index < -0.39 is 5.97 Å². The molecule has 0 aliphatic carbocycles. The van der Waals surface area contributed by atoms with E-state index in [1.165, 1.54) is 6.20 Å². The van der Waals surface area contributed by atoms with Crippen LogP contribution in [-0.4, -0.2) is 16.1 Å². The fraction of sp³-hybridized carbons (Fsp3) is 0. The Kier molecular flexibility index (Phi) is 2.55. The number of nitrogens with zero attached hydrogens (tertiary/aromatic N) is 1. The highest BCUT2D eigenvalue weighted by Crippen LogP contribution is 2.23. The Morgan fingerprint density at radius 3 is 2.87 bits per heavy atom. The van der Waals surface area contributed by atoms with Gasteiger partial charge < -0.3 is 9.52 Å². The Labute approximate surface area is 93.7 Å². The van der Waals surface area contributed by atoms with Crippen LogP contribution in [0.3, 0.4) is 0 Å². The van der Waals surface area contributed by atoms with Crippen molar-refractivity contribution in [2.45, 2.75) is 0 Å². The maximum absolute atomic E-state index is 10.5. The first-order valence-corrected chi connectivity index (χ1v) is 4.91. The second-order valence-electron chi connectivity index (χ2n) is 2.85. The highest BCUT2D eigenvalue weighted by Gasteiger charge is 2.12. The van der Waals surface area contributed by atoms with Gasteiger partial charge in [0.05, 0.1) is 6.20 Å². The molecule has 0 saturated carbocycles. The molecule has 1 heterocycles. The predicted molar refractivity (Wildman–Crippen MR) is 56.6 cm³/mol. The first kappa shape index (κ1) is 9.92. The fourth-order valence-corrected chi connectivity index (χ4v) is 1.55. The van der Waals surface area contributed by atoms with Gasteiger partial charge in [0.2, 0.25) is 0 Å². The molecule has 5 heteroatoms. The molecule has 0 bridgehead atoms. The molecule has 0 spiro atoms. The van der Waals surface area contributed by atoms with Gasteiger partial charge in [0.15, 0.2) is 5.76 Å². The van der Waals surface area contributed by atoms with Gasteiger partial charge in [0.25, 0.3) is 0 Å². The molecule has 0 unspecified atom stereocenters. The largest absolute Gasteiger partial charge is 0.474 e. The summed E-state index contributed by atoms with van der Waals surface area (Å²) in [4.78, 5) is 14.2. The molecule has 15 heavy (non-hydrogen) atoms. The zero-order chi connectivity index (χ0) is 10.8. The van der Waals surface area contributed by atoms with Crippen LogP contribution >= 0.6 is 15.9 Å². The molecule has 2 aromatic rings. The molecule has 0 fully saturated rings. The topological polar surface area (TPSA) is 63.3 Å². The van der Waals surface area contributed by atoms with E-state index in [1.807, 2.05) is 24.3 Å². The number of carboxylic acids is 1. The van der Waals surface area contributed by atoms with Gasteiger partial charge in [-0.05, 0) is 12.1 Å². The van der Waals surface area contributed by atoms with Crippen LogP contribution in [0.5, 0.6) is 0 Å². The van der Waals surface area contributed by atoms with E-state index in [0.717, 1.165) is 10.0 Å². The van der Waals surface area contributed by atoms with Crippen LogP contribution in [0.4, 0.5) is 0 Å². The minimum atomic E-state index is -1.17. The summed E-state index contributed by atoms with van der Waals surface area (Å²) >= 11 is 3.32. The van der Waals surface area contributed by atoms with E-state index in [0.29, 0.717) is 5.76 Å². The Morgan fingerprint density at radius 2 is 2.27 bits per heavy atom. The van der Waals surface area contributed by atoms with E-state index in [1.54, 1.807) is 0 Å². The molecular weight excluding hydrogens is 262 g/mol. The number of hydrogen-bond acceptors (Lipinski definition) is 3. The van der Waals surface area contributed by atoms with Gasteiger partial charge in [-0.2, -0.15) is 0 Å². The molecule has 0 atom stereocenters. The lowest BCUT2D eigenvalue weighted by Crippen LogP contribution is -1.94. The van der Waals surface area contributed by atoms with Crippen molar-refractivity contribution < 1.29 is 14.3 Å². The first-order valence-electron chi connectivity index (χ1n) is 4.12. The van der Waals surface area contributed by atoms with Crippen molar-refractivity contribution in [2.75, 3.05) is 0 Å². The molecule has 0 aliphatic rings. The minimum absolute atomic E-state index is 0.301. The van der Waals surface area contributed by atoms with Crippen LogP contribution in [0.2, 0.25) is 0 Å². The van der Waals surface area contributed by atoms with Crippen molar-refractivity contribution in [3.05, 3.63) is 40.8 Å². The molecule has 0 radical (unpaired) electrons. The minimum Gasteiger partial charge on any atom is -0.474 e. The van der Waals surface area contributed by atoms with Gasteiger partial charge in [-0.25, -0.2) is 9.78 Å². The molecule has 4 nitrogen and oxygen atoms in total.